The number of para-hydroxylation sites is 1. The molecule has 5 nitrogen and oxygen atoms in total. The molecule has 124 valence electrons. The second-order valence-electron chi connectivity index (χ2n) is 5.41. The maximum absolute atomic E-state index is 5.28. The molecule has 2 aromatic carbocycles. The van der Waals surface area contributed by atoms with E-state index in [1.54, 1.807) is 7.11 Å². The van der Waals surface area contributed by atoms with Crippen LogP contribution in [0.1, 0.15) is 5.82 Å². The summed E-state index contributed by atoms with van der Waals surface area (Å²) in [6.07, 6.45) is 0. The molecule has 6 heteroatoms. The van der Waals surface area contributed by atoms with Gasteiger partial charge >= 0.3 is 0 Å². The van der Waals surface area contributed by atoms with Crippen LogP contribution in [0.3, 0.4) is 0 Å². The number of imidazole rings is 1. The lowest BCUT2D eigenvalue weighted by molar-refractivity contribution is 0.204. The molecule has 0 saturated heterocycles. The van der Waals surface area contributed by atoms with E-state index in [-0.39, 0.29) is 0 Å². The van der Waals surface area contributed by atoms with Gasteiger partial charge in [0, 0.05) is 25.0 Å². The molecule has 0 spiro atoms. The Balaban J connectivity index is 1.84. The largest absolute Gasteiger partial charge is 0.383 e. The van der Waals surface area contributed by atoms with Crippen molar-refractivity contribution < 1.29 is 4.74 Å². The summed E-state index contributed by atoms with van der Waals surface area (Å²) in [6, 6.07) is 16.3. The number of aryl methyl sites for hydroxylation is 1. The SMILES string of the molecule is COCCNC(=S)Nc1ccc2c(c1)nc(C)n2-c1ccccc1. The first-order valence-electron chi connectivity index (χ1n) is 7.77. The molecule has 3 aromatic rings. The maximum Gasteiger partial charge on any atom is 0.170 e. The molecule has 0 aliphatic carbocycles. The van der Waals surface area contributed by atoms with E-state index in [2.05, 4.69) is 38.4 Å². The van der Waals surface area contributed by atoms with Crippen LogP contribution in [-0.2, 0) is 4.74 Å². The molecular formula is C18H20N4OS. The first-order chi connectivity index (χ1) is 11.7. The van der Waals surface area contributed by atoms with Crippen molar-refractivity contribution in [3.63, 3.8) is 0 Å². The number of benzene rings is 2. The zero-order valence-electron chi connectivity index (χ0n) is 13.7. The molecule has 1 aromatic heterocycles. The first kappa shape index (κ1) is 16.4. The highest BCUT2D eigenvalue weighted by molar-refractivity contribution is 7.80. The van der Waals surface area contributed by atoms with Crippen LogP contribution >= 0.6 is 12.2 Å². The number of anilines is 1. The lowest BCUT2D eigenvalue weighted by atomic mass is 10.2. The van der Waals surface area contributed by atoms with E-state index in [0.717, 1.165) is 28.2 Å². The van der Waals surface area contributed by atoms with Crippen LogP contribution in [0.2, 0.25) is 0 Å². The van der Waals surface area contributed by atoms with Gasteiger partial charge in [-0.1, -0.05) is 18.2 Å². The van der Waals surface area contributed by atoms with Crippen LogP contribution in [0.15, 0.2) is 48.5 Å². The van der Waals surface area contributed by atoms with Crippen LogP contribution in [0, 0.1) is 6.92 Å². The van der Waals surface area contributed by atoms with Crippen molar-refractivity contribution in [3.8, 4) is 5.69 Å². The Morgan fingerprint density at radius 1 is 1.21 bits per heavy atom. The fraction of sp³-hybridized carbons (Fsp3) is 0.222. The molecule has 3 rings (SSSR count). The van der Waals surface area contributed by atoms with Gasteiger partial charge in [-0.3, -0.25) is 4.57 Å². The van der Waals surface area contributed by atoms with E-state index < -0.39 is 0 Å². The molecule has 0 amide bonds. The average Bonchev–Trinajstić information content (AvgIpc) is 2.91. The van der Waals surface area contributed by atoms with Crippen LogP contribution in [0.5, 0.6) is 0 Å². The lowest BCUT2D eigenvalue weighted by Crippen LogP contribution is -2.31. The second-order valence-corrected chi connectivity index (χ2v) is 5.82. The Morgan fingerprint density at radius 2 is 2.00 bits per heavy atom. The van der Waals surface area contributed by atoms with Gasteiger partial charge < -0.3 is 15.4 Å². The molecule has 0 aliphatic rings. The predicted molar refractivity (Wildman–Crippen MR) is 102 cm³/mol. The van der Waals surface area contributed by atoms with Crippen LogP contribution in [-0.4, -0.2) is 34.9 Å². The van der Waals surface area contributed by atoms with E-state index in [1.807, 2.05) is 37.3 Å². The van der Waals surface area contributed by atoms with Gasteiger partial charge in [0.1, 0.15) is 5.82 Å². The minimum atomic E-state index is 0.575. The number of fused-ring (bicyclic) bond motifs is 1. The Hall–Kier alpha value is -2.44. The van der Waals surface area contributed by atoms with Gasteiger partial charge in [-0.2, -0.15) is 0 Å². The van der Waals surface area contributed by atoms with Gasteiger partial charge in [0.15, 0.2) is 5.11 Å². The number of nitrogens with one attached hydrogen (secondary N) is 2. The predicted octanol–water partition coefficient (Wildman–Crippen LogP) is 3.27. The summed E-state index contributed by atoms with van der Waals surface area (Å²) in [5, 5.41) is 6.84. The molecule has 0 radical (unpaired) electrons. The minimum absolute atomic E-state index is 0.575. The fourth-order valence-electron chi connectivity index (χ4n) is 2.62. The first-order valence-corrected chi connectivity index (χ1v) is 8.18. The number of methoxy groups -OCH3 is 1. The second kappa shape index (κ2) is 7.42. The highest BCUT2D eigenvalue weighted by Crippen LogP contribution is 2.23. The van der Waals surface area contributed by atoms with E-state index in [1.165, 1.54) is 0 Å². The minimum Gasteiger partial charge on any atom is -0.383 e. The van der Waals surface area contributed by atoms with Crippen molar-refractivity contribution in [3.05, 3.63) is 54.4 Å². The van der Waals surface area contributed by atoms with Gasteiger partial charge in [0.25, 0.3) is 0 Å². The van der Waals surface area contributed by atoms with Gasteiger partial charge in [-0.25, -0.2) is 4.98 Å². The van der Waals surface area contributed by atoms with Gasteiger partial charge in [0.05, 0.1) is 17.6 Å². The molecule has 0 aliphatic heterocycles. The van der Waals surface area contributed by atoms with E-state index in [4.69, 9.17) is 17.0 Å². The molecule has 0 unspecified atom stereocenters. The molecule has 0 atom stereocenters. The summed E-state index contributed by atoms with van der Waals surface area (Å²) in [4.78, 5) is 4.67. The molecule has 0 bridgehead atoms. The Morgan fingerprint density at radius 3 is 2.75 bits per heavy atom. The molecule has 0 fully saturated rings. The zero-order valence-corrected chi connectivity index (χ0v) is 14.6. The van der Waals surface area contributed by atoms with Gasteiger partial charge in [0.2, 0.25) is 0 Å². The fourth-order valence-corrected chi connectivity index (χ4v) is 2.84. The summed E-state index contributed by atoms with van der Waals surface area (Å²) in [7, 11) is 1.66. The molecule has 1 heterocycles. The third kappa shape index (κ3) is 3.55. The van der Waals surface area contributed by atoms with E-state index in [9.17, 15) is 0 Å². The van der Waals surface area contributed by atoms with E-state index >= 15 is 0 Å². The van der Waals surface area contributed by atoms with Gasteiger partial charge in [-0.05, 0) is 49.5 Å². The number of nitrogens with zero attached hydrogens (tertiary/aromatic N) is 2. The Kier molecular flexibility index (Phi) is 5.08. The lowest BCUT2D eigenvalue weighted by Gasteiger charge is -2.10. The highest BCUT2D eigenvalue weighted by Gasteiger charge is 2.10. The number of hydrogen-bond donors (Lipinski definition) is 2. The third-order valence-electron chi connectivity index (χ3n) is 3.69. The summed E-state index contributed by atoms with van der Waals surface area (Å²) in [6.45, 7) is 3.30. The molecular weight excluding hydrogens is 320 g/mol. The van der Waals surface area contributed by atoms with Crippen LogP contribution in [0.4, 0.5) is 5.69 Å². The van der Waals surface area contributed by atoms with Crippen LogP contribution in [0.25, 0.3) is 16.7 Å². The molecule has 0 saturated carbocycles. The van der Waals surface area contributed by atoms with E-state index in [0.29, 0.717) is 18.3 Å². The number of thiocarbonyl (C=S) groups is 1. The van der Waals surface area contributed by atoms with Crippen molar-refractivity contribution in [2.75, 3.05) is 25.6 Å². The quantitative estimate of drug-likeness (QED) is 0.551. The number of hydrogen-bond acceptors (Lipinski definition) is 3. The smallest absolute Gasteiger partial charge is 0.170 e. The standard InChI is InChI=1S/C18H20N4OS/c1-13-20-16-12-14(21-18(24)19-10-11-23-2)8-9-17(16)22(13)15-6-4-3-5-7-15/h3-9,12H,10-11H2,1-2H3,(H2,19,21,24). The molecule has 24 heavy (non-hydrogen) atoms. The number of ether oxygens (including phenoxy) is 1. The maximum atomic E-state index is 5.28. The Bertz CT molecular complexity index is 845. The molecule has 2 N–H and O–H groups in total. The van der Waals surface area contributed by atoms with Crippen molar-refractivity contribution >= 4 is 34.1 Å². The summed E-state index contributed by atoms with van der Waals surface area (Å²) >= 11 is 5.28. The summed E-state index contributed by atoms with van der Waals surface area (Å²) in [5.41, 5.74) is 4.02. The van der Waals surface area contributed by atoms with Crippen molar-refractivity contribution in [2.45, 2.75) is 6.92 Å². The monoisotopic (exact) mass is 340 g/mol. The van der Waals surface area contributed by atoms with Crippen molar-refractivity contribution in [2.24, 2.45) is 0 Å². The Labute approximate surface area is 146 Å². The summed E-state index contributed by atoms with van der Waals surface area (Å²) < 4.78 is 7.14. The average molecular weight is 340 g/mol. The van der Waals surface area contributed by atoms with Crippen molar-refractivity contribution in [1.29, 1.82) is 0 Å². The van der Waals surface area contributed by atoms with Crippen LogP contribution < -0.4 is 10.6 Å². The highest BCUT2D eigenvalue weighted by atomic mass is 32.1. The third-order valence-corrected chi connectivity index (χ3v) is 3.93. The topological polar surface area (TPSA) is 51.1 Å². The van der Waals surface area contributed by atoms with Crippen molar-refractivity contribution in [1.82, 2.24) is 14.9 Å². The van der Waals surface area contributed by atoms with Gasteiger partial charge in [-0.15, -0.1) is 0 Å². The number of aromatic nitrogens is 2. The zero-order chi connectivity index (χ0) is 16.9. The normalized spacial score (nSPS) is 10.8. The summed E-state index contributed by atoms with van der Waals surface area (Å²) in [5.74, 6) is 0.953. The number of rotatable bonds is 5.